The van der Waals surface area contributed by atoms with Crippen LogP contribution in [-0.2, 0) is 17.8 Å². The summed E-state index contributed by atoms with van der Waals surface area (Å²) in [5, 5.41) is 3.49. The van der Waals surface area contributed by atoms with Gasteiger partial charge in [-0.05, 0) is 55.3 Å². The first-order valence-electron chi connectivity index (χ1n) is 8.73. The molecule has 0 spiro atoms. The molecule has 2 heteroatoms. The molecule has 0 aliphatic carbocycles. The van der Waals surface area contributed by atoms with Gasteiger partial charge in [0.25, 0.3) is 0 Å². The number of hydrogen-bond acceptors (Lipinski definition) is 2. The third kappa shape index (κ3) is 4.92. The number of piperidine rings is 1. The van der Waals surface area contributed by atoms with Gasteiger partial charge in [-0.2, -0.15) is 0 Å². The Kier molecular flexibility index (Phi) is 5.84. The molecule has 1 saturated heterocycles. The SMILES string of the molecule is c1ccc(CCC2(COCc3ccccc3)CCNCC2)cc1. The zero-order valence-corrected chi connectivity index (χ0v) is 13.8. The first-order chi connectivity index (χ1) is 11.4. The summed E-state index contributed by atoms with van der Waals surface area (Å²) in [7, 11) is 0. The highest BCUT2D eigenvalue weighted by atomic mass is 16.5. The molecule has 3 rings (SSSR count). The van der Waals surface area contributed by atoms with E-state index in [4.69, 9.17) is 4.74 Å². The van der Waals surface area contributed by atoms with E-state index in [2.05, 4.69) is 66.0 Å². The minimum Gasteiger partial charge on any atom is -0.376 e. The van der Waals surface area contributed by atoms with Gasteiger partial charge in [0, 0.05) is 0 Å². The summed E-state index contributed by atoms with van der Waals surface area (Å²) < 4.78 is 6.12. The third-order valence-electron chi connectivity index (χ3n) is 4.97. The van der Waals surface area contributed by atoms with Gasteiger partial charge in [-0.15, -0.1) is 0 Å². The number of ether oxygens (including phenoxy) is 1. The third-order valence-corrected chi connectivity index (χ3v) is 4.97. The van der Waals surface area contributed by atoms with Crippen molar-refractivity contribution in [2.45, 2.75) is 32.3 Å². The van der Waals surface area contributed by atoms with Crippen LogP contribution in [0.5, 0.6) is 0 Å². The molecule has 0 bridgehead atoms. The van der Waals surface area contributed by atoms with Gasteiger partial charge in [-0.3, -0.25) is 0 Å². The molecule has 2 aromatic rings. The van der Waals surface area contributed by atoms with Crippen molar-refractivity contribution in [2.75, 3.05) is 19.7 Å². The van der Waals surface area contributed by atoms with Crippen LogP contribution in [0.3, 0.4) is 0 Å². The van der Waals surface area contributed by atoms with Crippen molar-refractivity contribution in [3.63, 3.8) is 0 Å². The van der Waals surface area contributed by atoms with Crippen LogP contribution in [0.25, 0.3) is 0 Å². The van der Waals surface area contributed by atoms with Crippen molar-refractivity contribution in [2.24, 2.45) is 5.41 Å². The van der Waals surface area contributed by atoms with Gasteiger partial charge in [0.1, 0.15) is 0 Å². The zero-order chi connectivity index (χ0) is 15.8. The summed E-state index contributed by atoms with van der Waals surface area (Å²) >= 11 is 0. The van der Waals surface area contributed by atoms with Crippen LogP contribution in [0.4, 0.5) is 0 Å². The van der Waals surface area contributed by atoms with E-state index in [1.54, 1.807) is 0 Å². The van der Waals surface area contributed by atoms with Gasteiger partial charge in [-0.1, -0.05) is 60.7 Å². The lowest BCUT2D eigenvalue weighted by Gasteiger charge is -2.37. The fourth-order valence-electron chi connectivity index (χ4n) is 3.44. The molecule has 1 heterocycles. The lowest BCUT2D eigenvalue weighted by molar-refractivity contribution is 0.0102. The molecule has 0 saturated carbocycles. The van der Waals surface area contributed by atoms with E-state index in [1.807, 2.05) is 0 Å². The Bertz CT molecular complexity index is 561. The first-order valence-corrected chi connectivity index (χ1v) is 8.73. The lowest BCUT2D eigenvalue weighted by Crippen LogP contribution is -2.40. The normalized spacial score (nSPS) is 17.0. The van der Waals surface area contributed by atoms with Crippen molar-refractivity contribution >= 4 is 0 Å². The Morgan fingerprint density at radius 3 is 2.09 bits per heavy atom. The summed E-state index contributed by atoms with van der Waals surface area (Å²) in [5.41, 5.74) is 3.03. The molecule has 23 heavy (non-hydrogen) atoms. The highest BCUT2D eigenvalue weighted by Gasteiger charge is 2.31. The maximum Gasteiger partial charge on any atom is 0.0717 e. The summed E-state index contributed by atoms with van der Waals surface area (Å²) in [6.45, 7) is 3.82. The Morgan fingerprint density at radius 1 is 0.826 bits per heavy atom. The standard InChI is InChI=1S/C21H27NO/c1-3-7-19(8-4-1)11-12-21(13-15-22-16-14-21)18-23-17-20-9-5-2-6-10-20/h1-10,22H,11-18H2. The number of rotatable bonds is 7. The highest BCUT2D eigenvalue weighted by molar-refractivity contribution is 5.15. The Balaban J connectivity index is 1.55. The maximum absolute atomic E-state index is 6.12. The van der Waals surface area contributed by atoms with E-state index in [0.29, 0.717) is 5.41 Å². The maximum atomic E-state index is 6.12. The molecule has 122 valence electrons. The number of aryl methyl sites for hydroxylation is 1. The van der Waals surface area contributed by atoms with Crippen molar-refractivity contribution < 1.29 is 4.74 Å². The molecular weight excluding hydrogens is 282 g/mol. The molecule has 1 fully saturated rings. The van der Waals surface area contributed by atoms with Crippen LogP contribution in [0.2, 0.25) is 0 Å². The molecular formula is C21H27NO. The van der Waals surface area contributed by atoms with Crippen molar-refractivity contribution in [1.29, 1.82) is 0 Å². The van der Waals surface area contributed by atoms with Crippen LogP contribution >= 0.6 is 0 Å². The molecule has 1 N–H and O–H groups in total. The summed E-state index contributed by atoms with van der Waals surface area (Å²) in [6, 6.07) is 21.3. The quantitative estimate of drug-likeness (QED) is 0.827. The second kappa shape index (κ2) is 8.28. The van der Waals surface area contributed by atoms with E-state index in [0.717, 1.165) is 32.7 Å². The van der Waals surface area contributed by atoms with Crippen molar-refractivity contribution in [1.82, 2.24) is 5.32 Å². The molecule has 2 aromatic carbocycles. The minimum absolute atomic E-state index is 0.329. The van der Waals surface area contributed by atoms with E-state index < -0.39 is 0 Å². The number of benzene rings is 2. The van der Waals surface area contributed by atoms with Crippen molar-refractivity contribution in [3.05, 3.63) is 71.8 Å². The molecule has 1 aliphatic rings. The Hall–Kier alpha value is -1.64. The molecule has 0 atom stereocenters. The zero-order valence-electron chi connectivity index (χ0n) is 13.8. The summed E-state index contributed by atoms with van der Waals surface area (Å²) in [4.78, 5) is 0. The average Bonchev–Trinajstić information content (AvgIpc) is 2.63. The summed E-state index contributed by atoms with van der Waals surface area (Å²) in [6.07, 6.45) is 4.80. The van der Waals surface area contributed by atoms with E-state index in [-0.39, 0.29) is 0 Å². The smallest absolute Gasteiger partial charge is 0.0717 e. The van der Waals surface area contributed by atoms with Crippen LogP contribution in [0.15, 0.2) is 60.7 Å². The van der Waals surface area contributed by atoms with Gasteiger partial charge in [0.15, 0.2) is 0 Å². The van der Waals surface area contributed by atoms with E-state index >= 15 is 0 Å². The van der Waals surface area contributed by atoms with Crippen LogP contribution in [-0.4, -0.2) is 19.7 Å². The number of hydrogen-bond donors (Lipinski definition) is 1. The highest BCUT2D eigenvalue weighted by Crippen LogP contribution is 2.34. The molecule has 2 nitrogen and oxygen atoms in total. The monoisotopic (exact) mass is 309 g/mol. The minimum atomic E-state index is 0.329. The Morgan fingerprint density at radius 2 is 1.43 bits per heavy atom. The van der Waals surface area contributed by atoms with Gasteiger partial charge < -0.3 is 10.1 Å². The average molecular weight is 309 g/mol. The van der Waals surface area contributed by atoms with Gasteiger partial charge in [-0.25, -0.2) is 0 Å². The second-order valence-electron chi connectivity index (χ2n) is 6.71. The molecule has 0 aromatic heterocycles. The largest absolute Gasteiger partial charge is 0.376 e. The van der Waals surface area contributed by atoms with Gasteiger partial charge >= 0.3 is 0 Å². The number of nitrogens with one attached hydrogen (secondary N) is 1. The van der Waals surface area contributed by atoms with Gasteiger partial charge in [0.2, 0.25) is 0 Å². The first kappa shape index (κ1) is 16.2. The van der Waals surface area contributed by atoms with E-state index in [1.165, 1.54) is 30.4 Å². The predicted molar refractivity (Wildman–Crippen MR) is 95.4 cm³/mol. The predicted octanol–water partition coefficient (Wildman–Crippen LogP) is 4.21. The van der Waals surface area contributed by atoms with Crippen molar-refractivity contribution in [3.8, 4) is 0 Å². The summed E-state index contributed by atoms with van der Waals surface area (Å²) in [5.74, 6) is 0. The van der Waals surface area contributed by atoms with Crippen LogP contribution in [0, 0.1) is 5.41 Å². The topological polar surface area (TPSA) is 21.3 Å². The fraction of sp³-hybridized carbons (Fsp3) is 0.429. The molecule has 0 unspecified atom stereocenters. The van der Waals surface area contributed by atoms with Crippen LogP contribution < -0.4 is 5.32 Å². The fourth-order valence-corrected chi connectivity index (χ4v) is 3.44. The van der Waals surface area contributed by atoms with Gasteiger partial charge in [0.05, 0.1) is 13.2 Å². The molecule has 0 radical (unpaired) electrons. The molecule has 0 amide bonds. The lowest BCUT2D eigenvalue weighted by atomic mass is 9.75. The van der Waals surface area contributed by atoms with E-state index in [9.17, 15) is 0 Å². The molecule has 1 aliphatic heterocycles. The second-order valence-corrected chi connectivity index (χ2v) is 6.71. The Labute approximate surface area is 139 Å². The van der Waals surface area contributed by atoms with Crippen LogP contribution in [0.1, 0.15) is 30.4 Å².